The second kappa shape index (κ2) is 3.46. The molecule has 0 amide bonds. The summed E-state index contributed by atoms with van der Waals surface area (Å²) in [6.45, 7) is 2.02. The molecule has 0 N–H and O–H groups in total. The average Bonchev–Trinajstić information content (AvgIpc) is 2.20. The Morgan fingerprint density at radius 1 is 1.29 bits per heavy atom. The molecule has 0 atom stereocenters. The molecular formula is C11H10ClNO. The topological polar surface area (TPSA) is 22.1 Å². The Kier molecular flexibility index (Phi) is 2.30. The minimum absolute atomic E-state index is 0.657. The SMILES string of the molecule is COc1ccc(Cl)c2nccc(C)c12. The predicted molar refractivity (Wildman–Crippen MR) is 58.0 cm³/mol. The van der Waals surface area contributed by atoms with Crippen LogP contribution < -0.4 is 4.74 Å². The molecule has 1 heterocycles. The van der Waals surface area contributed by atoms with Gasteiger partial charge in [-0.3, -0.25) is 4.98 Å². The van der Waals surface area contributed by atoms with Gasteiger partial charge in [-0.1, -0.05) is 11.6 Å². The van der Waals surface area contributed by atoms with E-state index in [0.717, 1.165) is 22.2 Å². The number of aryl methyl sites for hydroxylation is 1. The average molecular weight is 208 g/mol. The molecule has 0 aliphatic carbocycles. The Bertz CT molecular complexity index is 482. The van der Waals surface area contributed by atoms with Gasteiger partial charge in [-0.2, -0.15) is 0 Å². The summed E-state index contributed by atoms with van der Waals surface area (Å²) in [5.74, 6) is 0.815. The van der Waals surface area contributed by atoms with Crippen LogP contribution in [0.5, 0.6) is 5.75 Å². The molecule has 0 bridgehead atoms. The van der Waals surface area contributed by atoms with Crippen LogP contribution in [-0.2, 0) is 0 Å². The lowest BCUT2D eigenvalue weighted by molar-refractivity contribution is 0.419. The largest absolute Gasteiger partial charge is 0.496 e. The van der Waals surface area contributed by atoms with E-state index < -0.39 is 0 Å². The van der Waals surface area contributed by atoms with Crippen molar-refractivity contribution in [3.8, 4) is 5.75 Å². The molecule has 2 rings (SSSR count). The van der Waals surface area contributed by atoms with Gasteiger partial charge in [-0.25, -0.2) is 0 Å². The van der Waals surface area contributed by atoms with E-state index in [0.29, 0.717) is 5.02 Å². The molecule has 0 spiro atoms. The lowest BCUT2D eigenvalue weighted by Crippen LogP contribution is -1.89. The standard InChI is InChI=1S/C11H10ClNO/c1-7-5-6-13-11-8(12)3-4-9(14-2)10(7)11/h3-6H,1-2H3. The third kappa shape index (κ3) is 1.32. The molecule has 0 saturated carbocycles. The summed E-state index contributed by atoms with van der Waals surface area (Å²) in [6.07, 6.45) is 1.75. The van der Waals surface area contributed by atoms with Crippen molar-refractivity contribution in [3.05, 3.63) is 35.0 Å². The van der Waals surface area contributed by atoms with Crippen molar-refractivity contribution in [1.29, 1.82) is 0 Å². The third-order valence-electron chi connectivity index (χ3n) is 2.23. The van der Waals surface area contributed by atoms with Crippen molar-refractivity contribution in [3.63, 3.8) is 0 Å². The van der Waals surface area contributed by atoms with Gasteiger partial charge in [0.05, 0.1) is 17.6 Å². The van der Waals surface area contributed by atoms with Crippen LogP contribution in [0.4, 0.5) is 0 Å². The van der Waals surface area contributed by atoms with Gasteiger partial charge in [0.25, 0.3) is 0 Å². The molecule has 1 aromatic heterocycles. The first-order valence-corrected chi connectivity index (χ1v) is 4.69. The van der Waals surface area contributed by atoms with Crippen molar-refractivity contribution < 1.29 is 4.74 Å². The van der Waals surface area contributed by atoms with Crippen molar-refractivity contribution in [2.24, 2.45) is 0 Å². The quantitative estimate of drug-likeness (QED) is 0.717. The number of pyridine rings is 1. The molecule has 0 unspecified atom stereocenters. The van der Waals surface area contributed by atoms with Crippen LogP contribution in [0.3, 0.4) is 0 Å². The second-order valence-electron chi connectivity index (χ2n) is 3.10. The summed E-state index contributed by atoms with van der Waals surface area (Å²) in [6, 6.07) is 5.61. The number of aromatic nitrogens is 1. The Balaban J connectivity index is 2.92. The minimum Gasteiger partial charge on any atom is -0.496 e. The normalized spacial score (nSPS) is 10.5. The monoisotopic (exact) mass is 207 g/mol. The molecule has 3 heteroatoms. The number of methoxy groups -OCH3 is 1. The fourth-order valence-corrected chi connectivity index (χ4v) is 1.74. The van der Waals surface area contributed by atoms with Gasteiger partial charge >= 0.3 is 0 Å². The molecule has 72 valence electrons. The van der Waals surface area contributed by atoms with Crippen molar-refractivity contribution >= 4 is 22.5 Å². The highest BCUT2D eigenvalue weighted by Crippen LogP contribution is 2.31. The summed E-state index contributed by atoms with van der Waals surface area (Å²) in [5.41, 5.74) is 1.92. The number of ether oxygens (including phenoxy) is 1. The van der Waals surface area contributed by atoms with Gasteiger partial charge in [0.15, 0.2) is 0 Å². The van der Waals surface area contributed by atoms with E-state index in [9.17, 15) is 0 Å². The van der Waals surface area contributed by atoms with Crippen LogP contribution >= 0.6 is 11.6 Å². The Labute approximate surface area is 87.5 Å². The first-order valence-electron chi connectivity index (χ1n) is 4.32. The maximum Gasteiger partial charge on any atom is 0.128 e. The Morgan fingerprint density at radius 2 is 2.07 bits per heavy atom. The highest BCUT2D eigenvalue weighted by molar-refractivity contribution is 6.35. The summed E-state index contributed by atoms with van der Waals surface area (Å²) in [4.78, 5) is 4.24. The van der Waals surface area contributed by atoms with E-state index in [1.165, 1.54) is 0 Å². The maximum absolute atomic E-state index is 6.04. The number of hydrogen-bond acceptors (Lipinski definition) is 2. The van der Waals surface area contributed by atoms with E-state index >= 15 is 0 Å². The zero-order valence-electron chi connectivity index (χ0n) is 8.04. The zero-order chi connectivity index (χ0) is 10.1. The summed E-state index contributed by atoms with van der Waals surface area (Å²) in [5, 5.41) is 1.65. The Hall–Kier alpha value is -1.28. The molecule has 2 nitrogen and oxygen atoms in total. The lowest BCUT2D eigenvalue weighted by atomic mass is 10.1. The van der Waals surface area contributed by atoms with Crippen molar-refractivity contribution in [1.82, 2.24) is 4.98 Å². The van der Waals surface area contributed by atoms with Crippen LogP contribution in [0, 0.1) is 6.92 Å². The molecule has 0 saturated heterocycles. The molecule has 0 fully saturated rings. The van der Waals surface area contributed by atoms with Crippen LogP contribution in [0.2, 0.25) is 5.02 Å². The summed E-state index contributed by atoms with van der Waals surface area (Å²) in [7, 11) is 1.65. The fraction of sp³-hybridized carbons (Fsp3) is 0.182. The summed E-state index contributed by atoms with van der Waals surface area (Å²) >= 11 is 6.04. The van der Waals surface area contributed by atoms with E-state index in [-0.39, 0.29) is 0 Å². The van der Waals surface area contributed by atoms with E-state index in [2.05, 4.69) is 4.98 Å². The van der Waals surface area contributed by atoms with E-state index in [1.807, 2.05) is 19.1 Å². The molecule has 1 aromatic carbocycles. The third-order valence-corrected chi connectivity index (χ3v) is 2.54. The molecule has 2 aromatic rings. The van der Waals surface area contributed by atoms with Gasteiger partial charge in [0.2, 0.25) is 0 Å². The molecule has 14 heavy (non-hydrogen) atoms. The molecular weight excluding hydrogens is 198 g/mol. The predicted octanol–water partition coefficient (Wildman–Crippen LogP) is 3.21. The smallest absolute Gasteiger partial charge is 0.128 e. The molecule has 0 aliphatic rings. The molecule has 0 aliphatic heterocycles. The second-order valence-corrected chi connectivity index (χ2v) is 3.51. The maximum atomic E-state index is 6.04. The molecule has 0 radical (unpaired) electrons. The minimum atomic E-state index is 0.657. The number of fused-ring (bicyclic) bond motifs is 1. The van der Waals surface area contributed by atoms with Gasteiger partial charge in [-0.15, -0.1) is 0 Å². The van der Waals surface area contributed by atoms with E-state index in [1.54, 1.807) is 19.4 Å². The Morgan fingerprint density at radius 3 is 2.79 bits per heavy atom. The number of hydrogen-bond donors (Lipinski definition) is 0. The number of benzene rings is 1. The highest BCUT2D eigenvalue weighted by atomic mass is 35.5. The van der Waals surface area contributed by atoms with E-state index in [4.69, 9.17) is 16.3 Å². The first-order chi connectivity index (χ1) is 6.74. The number of rotatable bonds is 1. The van der Waals surface area contributed by atoms with Gasteiger partial charge in [0.1, 0.15) is 5.75 Å². The first kappa shape index (κ1) is 9.28. The van der Waals surface area contributed by atoms with Crippen molar-refractivity contribution in [2.45, 2.75) is 6.92 Å². The van der Waals surface area contributed by atoms with Crippen LogP contribution in [0.25, 0.3) is 10.9 Å². The highest BCUT2D eigenvalue weighted by Gasteiger charge is 2.07. The lowest BCUT2D eigenvalue weighted by Gasteiger charge is -2.08. The van der Waals surface area contributed by atoms with Crippen LogP contribution in [0.1, 0.15) is 5.56 Å². The fourth-order valence-electron chi connectivity index (χ4n) is 1.53. The van der Waals surface area contributed by atoms with Crippen LogP contribution in [-0.4, -0.2) is 12.1 Å². The van der Waals surface area contributed by atoms with Gasteiger partial charge < -0.3 is 4.74 Å². The van der Waals surface area contributed by atoms with Gasteiger partial charge in [-0.05, 0) is 30.7 Å². The van der Waals surface area contributed by atoms with Gasteiger partial charge in [0, 0.05) is 11.6 Å². The van der Waals surface area contributed by atoms with Crippen LogP contribution in [0.15, 0.2) is 24.4 Å². The number of nitrogens with zero attached hydrogens (tertiary/aromatic N) is 1. The number of halogens is 1. The zero-order valence-corrected chi connectivity index (χ0v) is 8.80. The van der Waals surface area contributed by atoms with Crippen molar-refractivity contribution in [2.75, 3.05) is 7.11 Å². The summed E-state index contributed by atoms with van der Waals surface area (Å²) < 4.78 is 5.26.